The molecular formula is C16H19FN2O5S. The van der Waals surface area contributed by atoms with Crippen LogP contribution in [0.3, 0.4) is 0 Å². The number of halogens is 1. The number of nitrogens with zero attached hydrogens (tertiary/aromatic N) is 1. The van der Waals surface area contributed by atoms with Crippen molar-refractivity contribution < 1.29 is 27.2 Å². The summed E-state index contributed by atoms with van der Waals surface area (Å²) in [5.41, 5.74) is 2.60. The molecule has 1 atom stereocenters. The van der Waals surface area contributed by atoms with Crippen molar-refractivity contribution in [2.45, 2.75) is 30.4 Å². The maximum absolute atomic E-state index is 13.0. The number of carbonyl (C=O) groups excluding carboxylic acids is 1. The topological polar surface area (TPSA) is 84.9 Å². The van der Waals surface area contributed by atoms with Gasteiger partial charge in [0.2, 0.25) is 10.0 Å². The number of ether oxygens (including phenoxy) is 1. The van der Waals surface area contributed by atoms with E-state index in [9.17, 15) is 17.6 Å². The van der Waals surface area contributed by atoms with Crippen LogP contribution in [0.25, 0.3) is 0 Å². The van der Waals surface area contributed by atoms with Crippen LogP contribution in [0.15, 0.2) is 40.8 Å². The Morgan fingerprint density at radius 1 is 1.28 bits per heavy atom. The van der Waals surface area contributed by atoms with Gasteiger partial charge < -0.3 is 4.74 Å². The lowest BCUT2D eigenvalue weighted by Crippen LogP contribution is -2.36. The molecule has 7 nitrogen and oxygen atoms in total. The second-order valence-electron chi connectivity index (χ2n) is 5.83. The number of sulfonamides is 1. The number of hydrogen-bond acceptors (Lipinski definition) is 5. The third-order valence-electron chi connectivity index (χ3n) is 4.05. The molecule has 0 radical (unpaired) electrons. The normalized spacial score (nSPS) is 21.8. The highest BCUT2D eigenvalue weighted by Gasteiger charge is 2.30. The SMILES string of the molecule is O=C(NOC1CCCCO1)C1=CCN(S(=O)(=O)c2ccc(F)cc2)C1. The Balaban J connectivity index is 1.56. The molecule has 2 heterocycles. The molecule has 1 aromatic carbocycles. The van der Waals surface area contributed by atoms with Crippen molar-refractivity contribution >= 4 is 15.9 Å². The monoisotopic (exact) mass is 370 g/mol. The van der Waals surface area contributed by atoms with Crippen molar-refractivity contribution in [1.82, 2.24) is 9.79 Å². The minimum Gasteiger partial charge on any atom is -0.350 e. The molecule has 0 spiro atoms. The summed E-state index contributed by atoms with van der Waals surface area (Å²) in [4.78, 5) is 17.3. The first-order valence-corrected chi connectivity index (χ1v) is 9.43. The zero-order chi connectivity index (χ0) is 17.9. The van der Waals surface area contributed by atoms with E-state index >= 15 is 0 Å². The van der Waals surface area contributed by atoms with Crippen LogP contribution >= 0.6 is 0 Å². The third kappa shape index (κ3) is 4.24. The predicted molar refractivity (Wildman–Crippen MR) is 86.1 cm³/mol. The number of carbonyl (C=O) groups is 1. The van der Waals surface area contributed by atoms with Gasteiger partial charge in [-0.3, -0.25) is 4.79 Å². The maximum atomic E-state index is 13.0. The van der Waals surface area contributed by atoms with E-state index in [0.717, 1.165) is 29.3 Å². The molecule has 2 aliphatic rings. The molecule has 1 unspecified atom stereocenters. The van der Waals surface area contributed by atoms with Crippen molar-refractivity contribution in [2.24, 2.45) is 0 Å². The Kier molecular flexibility index (Phi) is 5.48. The molecule has 1 fully saturated rings. The summed E-state index contributed by atoms with van der Waals surface area (Å²) in [5, 5.41) is 0. The van der Waals surface area contributed by atoms with Gasteiger partial charge in [-0.2, -0.15) is 4.31 Å². The molecular weight excluding hydrogens is 351 g/mol. The first-order chi connectivity index (χ1) is 12.0. The second-order valence-corrected chi connectivity index (χ2v) is 7.76. The van der Waals surface area contributed by atoms with Crippen molar-refractivity contribution in [2.75, 3.05) is 19.7 Å². The predicted octanol–water partition coefficient (Wildman–Crippen LogP) is 1.33. The molecule has 1 amide bonds. The molecule has 1 N–H and O–H groups in total. The molecule has 3 rings (SSSR count). The Hall–Kier alpha value is -1.81. The van der Waals surface area contributed by atoms with Crippen molar-refractivity contribution in [3.63, 3.8) is 0 Å². The Morgan fingerprint density at radius 2 is 2.04 bits per heavy atom. The van der Waals surface area contributed by atoms with Gasteiger partial charge in [-0.15, -0.1) is 0 Å². The summed E-state index contributed by atoms with van der Waals surface area (Å²) in [6.07, 6.45) is 3.69. The molecule has 9 heteroatoms. The van der Waals surface area contributed by atoms with Crippen molar-refractivity contribution in [3.8, 4) is 0 Å². The van der Waals surface area contributed by atoms with Gasteiger partial charge in [-0.1, -0.05) is 6.08 Å². The third-order valence-corrected chi connectivity index (χ3v) is 5.88. The van der Waals surface area contributed by atoms with Gasteiger partial charge in [0.25, 0.3) is 5.91 Å². The van der Waals surface area contributed by atoms with E-state index in [0.29, 0.717) is 18.6 Å². The second kappa shape index (κ2) is 7.61. The molecule has 1 aromatic rings. The van der Waals surface area contributed by atoms with Gasteiger partial charge in [0.05, 0.1) is 4.90 Å². The highest BCUT2D eigenvalue weighted by Crippen LogP contribution is 2.21. The first-order valence-electron chi connectivity index (χ1n) is 7.99. The van der Waals surface area contributed by atoms with Crippen LogP contribution in [-0.2, 0) is 24.4 Å². The van der Waals surface area contributed by atoms with Crippen LogP contribution in [0.1, 0.15) is 19.3 Å². The summed E-state index contributed by atoms with van der Waals surface area (Å²) in [5.74, 6) is -1.01. The molecule has 0 saturated carbocycles. The summed E-state index contributed by atoms with van der Waals surface area (Å²) in [6, 6.07) is 4.57. The van der Waals surface area contributed by atoms with Gasteiger partial charge in [0.1, 0.15) is 5.82 Å². The quantitative estimate of drug-likeness (QED) is 0.791. The number of amides is 1. The van der Waals surface area contributed by atoms with Crippen molar-refractivity contribution in [1.29, 1.82) is 0 Å². The van der Waals surface area contributed by atoms with E-state index < -0.39 is 28.0 Å². The zero-order valence-electron chi connectivity index (χ0n) is 13.5. The van der Waals surface area contributed by atoms with Crippen LogP contribution in [0.4, 0.5) is 4.39 Å². The van der Waals surface area contributed by atoms with Crippen molar-refractivity contribution in [3.05, 3.63) is 41.7 Å². The van der Waals surface area contributed by atoms with Crippen LogP contribution in [-0.4, -0.2) is 44.6 Å². The molecule has 25 heavy (non-hydrogen) atoms. The van der Waals surface area contributed by atoms with Crippen LogP contribution in [0.2, 0.25) is 0 Å². The molecule has 2 aliphatic heterocycles. The first kappa shape index (κ1) is 18.0. The van der Waals surface area contributed by atoms with Crippen LogP contribution < -0.4 is 5.48 Å². The van der Waals surface area contributed by atoms with Gasteiger partial charge in [0.15, 0.2) is 6.29 Å². The Labute approximate surface area is 145 Å². The van der Waals surface area contributed by atoms with E-state index in [1.54, 1.807) is 0 Å². The van der Waals surface area contributed by atoms with E-state index in [4.69, 9.17) is 9.57 Å². The summed E-state index contributed by atoms with van der Waals surface area (Å²) < 4.78 is 44.5. The highest BCUT2D eigenvalue weighted by atomic mass is 32.2. The van der Waals surface area contributed by atoms with E-state index in [1.165, 1.54) is 18.2 Å². The molecule has 136 valence electrons. The lowest BCUT2D eigenvalue weighted by atomic mass is 10.2. The lowest BCUT2D eigenvalue weighted by molar-refractivity contribution is -0.198. The number of hydroxylamine groups is 1. The summed E-state index contributed by atoms with van der Waals surface area (Å²) in [6.45, 7) is 0.593. The fourth-order valence-corrected chi connectivity index (χ4v) is 3.98. The van der Waals surface area contributed by atoms with Gasteiger partial charge in [-0.25, -0.2) is 23.1 Å². The van der Waals surface area contributed by atoms with Gasteiger partial charge >= 0.3 is 0 Å². The highest BCUT2D eigenvalue weighted by molar-refractivity contribution is 7.89. The molecule has 0 aliphatic carbocycles. The summed E-state index contributed by atoms with van der Waals surface area (Å²) in [7, 11) is -3.79. The fraction of sp³-hybridized carbons (Fsp3) is 0.438. The number of rotatable bonds is 5. The van der Waals surface area contributed by atoms with Crippen LogP contribution in [0, 0.1) is 5.82 Å². The molecule has 0 aromatic heterocycles. The standard InChI is InChI=1S/C16H19FN2O5S/c17-13-4-6-14(7-5-13)25(21,22)19-9-8-12(11-19)16(20)18-24-15-3-1-2-10-23-15/h4-8,15H,1-3,9-11H2,(H,18,20). The van der Waals surface area contributed by atoms with E-state index in [-0.39, 0.29) is 18.0 Å². The summed E-state index contributed by atoms with van der Waals surface area (Å²) >= 11 is 0. The minimum atomic E-state index is -3.79. The van der Waals surface area contributed by atoms with Gasteiger partial charge in [0, 0.05) is 31.7 Å². The smallest absolute Gasteiger partial charge is 0.271 e. The Morgan fingerprint density at radius 3 is 2.72 bits per heavy atom. The van der Waals surface area contributed by atoms with E-state index in [2.05, 4.69) is 5.48 Å². The lowest BCUT2D eigenvalue weighted by Gasteiger charge is -2.22. The zero-order valence-corrected chi connectivity index (χ0v) is 14.3. The maximum Gasteiger partial charge on any atom is 0.271 e. The molecule has 1 saturated heterocycles. The average Bonchev–Trinajstić information content (AvgIpc) is 3.12. The fourth-order valence-electron chi connectivity index (χ4n) is 2.62. The number of benzene rings is 1. The number of hydrogen-bond donors (Lipinski definition) is 1. The average molecular weight is 370 g/mol. The minimum absolute atomic E-state index is 0.0178. The largest absolute Gasteiger partial charge is 0.350 e. The number of nitrogens with one attached hydrogen (secondary N) is 1. The van der Waals surface area contributed by atoms with Crippen LogP contribution in [0.5, 0.6) is 0 Å². The molecule has 0 bridgehead atoms. The Bertz CT molecular complexity index is 757. The van der Waals surface area contributed by atoms with E-state index in [1.807, 2.05) is 0 Å². The van der Waals surface area contributed by atoms with Gasteiger partial charge in [-0.05, 0) is 37.1 Å².